The highest BCUT2D eigenvalue weighted by Crippen LogP contribution is 2.34. The molecule has 0 aliphatic carbocycles. The van der Waals surface area contributed by atoms with E-state index in [1.807, 2.05) is 0 Å². The van der Waals surface area contributed by atoms with E-state index < -0.39 is 39.1 Å². The van der Waals surface area contributed by atoms with Gasteiger partial charge in [-0.05, 0) is 73.2 Å². The standard InChI is InChI=1S/C27H18Cl2F4N2O4S/c1-15-22(25(27(31,32)33)34-39-26(36)21-12-5-17(28)13-23(21)29)14-24(35(15)19-8-6-18(30)7-9-19)16-3-10-20(11-4-16)40(2,37)38/h3-14H,1-2H3/b34-25-. The normalized spacial score (nSPS) is 12.4. The summed E-state index contributed by atoms with van der Waals surface area (Å²) < 4.78 is 81.6. The van der Waals surface area contributed by atoms with Gasteiger partial charge in [0, 0.05) is 28.2 Å². The van der Waals surface area contributed by atoms with Gasteiger partial charge in [-0.1, -0.05) is 40.5 Å². The minimum Gasteiger partial charge on any atom is -0.313 e. The first-order chi connectivity index (χ1) is 18.7. The molecule has 6 nitrogen and oxygen atoms in total. The molecule has 1 aromatic heterocycles. The monoisotopic (exact) mass is 612 g/mol. The molecule has 0 fully saturated rings. The summed E-state index contributed by atoms with van der Waals surface area (Å²) >= 11 is 11.8. The molecule has 4 rings (SSSR count). The van der Waals surface area contributed by atoms with E-state index in [0.29, 0.717) is 11.3 Å². The Kier molecular flexibility index (Phi) is 8.11. The van der Waals surface area contributed by atoms with Crippen molar-refractivity contribution < 1.29 is 35.6 Å². The molecule has 208 valence electrons. The van der Waals surface area contributed by atoms with Gasteiger partial charge in [0.05, 0.1) is 21.2 Å². The summed E-state index contributed by atoms with van der Waals surface area (Å²) in [6.45, 7) is 1.38. The van der Waals surface area contributed by atoms with Crippen LogP contribution in [0.1, 0.15) is 21.6 Å². The van der Waals surface area contributed by atoms with Crippen molar-refractivity contribution in [2.75, 3.05) is 6.26 Å². The topological polar surface area (TPSA) is 77.7 Å². The van der Waals surface area contributed by atoms with Crippen LogP contribution in [-0.4, -0.2) is 37.1 Å². The molecular weight excluding hydrogens is 595 g/mol. The highest BCUT2D eigenvalue weighted by Gasteiger charge is 2.40. The quantitative estimate of drug-likeness (QED) is 0.0982. The van der Waals surface area contributed by atoms with Crippen molar-refractivity contribution in [1.29, 1.82) is 0 Å². The lowest BCUT2D eigenvalue weighted by atomic mass is 10.1. The SMILES string of the molecule is Cc1c(/C(=N/OC(=O)c2ccc(Cl)cc2Cl)C(F)(F)F)cc(-c2ccc(S(C)(=O)=O)cc2)n1-c1ccc(F)cc1. The second kappa shape index (κ2) is 11.1. The van der Waals surface area contributed by atoms with Gasteiger partial charge >= 0.3 is 12.1 Å². The van der Waals surface area contributed by atoms with Gasteiger partial charge in [0.25, 0.3) is 0 Å². The van der Waals surface area contributed by atoms with Crippen LogP contribution in [0.15, 0.2) is 82.8 Å². The number of benzene rings is 3. The summed E-state index contributed by atoms with van der Waals surface area (Å²) in [6, 6.07) is 15.4. The summed E-state index contributed by atoms with van der Waals surface area (Å²) in [5.41, 5.74) is -1.28. The highest BCUT2D eigenvalue weighted by molar-refractivity contribution is 7.90. The predicted octanol–water partition coefficient (Wildman–Crippen LogP) is 7.43. The molecule has 0 radical (unpaired) electrons. The number of sulfone groups is 1. The van der Waals surface area contributed by atoms with Crippen molar-refractivity contribution in [3.8, 4) is 16.9 Å². The van der Waals surface area contributed by atoms with Crippen LogP contribution >= 0.6 is 23.2 Å². The van der Waals surface area contributed by atoms with Crippen LogP contribution in [0.5, 0.6) is 0 Å². The summed E-state index contributed by atoms with van der Waals surface area (Å²) in [5, 5.41) is 3.23. The average Bonchev–Trinajstić information content (AvgIpc) is 3.20. The zero-order valence-electron chi connectivity index (χ0n) is 20.6. The number of rotatable bonds is 6. The Balaban J connectivity index is 1.87. The molecule has 3 aromatic carbocycles. The molecular formula is C27H18Cl2F4N2O4S. The zero-order valence-corrected chi connectivity index (χ0v) is 23.0. The number of hydrogen-bond donors (Lipinski definition) is 0. The lowest BCUT2D eigenvalue weighted by molar-refractivity contribution is -0.0605. The van der Waals surface area contributed by atoms with E-state index in [-0.39, 0.29) is 31.9 Å². The number of nitrogens with zero attached hydrogens (tertiary/aromatic N) is 2. The fourth-order valence-electron chi connectivity index (χ4n) is 3.90. The highest BCUT2D eigenvalue weighted by atomic mass is 35.5. The maximum Gasteiger partial charge on any atom is 0.437 e. The Hall–Kier alpha value is -3.67. The van der Waals surface area contributed by atoms with Crippen LogP contribution in [0.25, 0.3) is 16.9 Å². The first-order valence-corrected chi connectivity index (χ1v) is 13.9. The molecule has 40 heavy (non-hydrogen) atoms. The van der Waals surface area contributed by atoms with Gasteiger partial charge in [-0.3, -0.25) is 0 Å². The molecule has 0 atom stereocenters. The molecule has 0 unspecified atom stereocenters. The van der Waals surface area contributed by atoms with Crippen molar-refractivity contribution in [3.63, 3.8) is 0 Å². The molecule has 0 amide bonds. The second-order valence-electron chi connectivity index (χ2n) is 8.58. The smallest absolute Gasteiger partial charge is 0.313 e. The van der Waals surface area contributed by atoms with E-state index in [4.69, 9.17) is 23.2 Å². The molecule has 4 aromatic rings. The maximum atomic E-state index is 14.3. The molecule has 0 spiro atoms. The molecule has 0 aliphatic heterocycles. The number of aromatic nitrogens is 1. The van der Waals surface area contributed by atoms with Gasteiger partial charge in [-0.25, -0.2) is 17.6 Å². The number of hydrogen-bond acceptors (Lipinski definition) is 5. The number of carbonyl (C=O) groups is 1. The van der Waals surface area contributed by atoms with Crippen LogP contribution < -0.4 is 0 Å². The Morgan fingerprint density at radius 1 is 0.925 bits per heavy atom. The van der Waals surface area contributed by atoms with Gasteiger partial charge in [0.15, 0.2) is 15.5 Å². The summed E-state index contributed by atoms with van der Waals surface area (Å²) in [6.07, 6.45) is -4.04. The van der Waals surface area contributed by atoms with Gasteiger partial charge in [-0.15, -0.1) is 0 Å². The van der Waals surface area contributed by atoms with Crippen molar-refractivity contribution in [3.05, 3.63) is 105 Å². The van der Waals surface area contributed by atoms with E-state index in [2.05, 4.69) is 9.99 Å². The second-order valence-corrected chi connectivity index (χ2v) is 11.4. The number of carbonyl (C=O) groups excluding carboxylic acids is 1. The number of alkyl halides is 3. The molecule has 0 saturated heterocycles. The van der Waals surface area contributed by atoms with Crippen LogP contribution in [0.2, 0.25) is 10.0 Å². The van der Waals surface area contributed by atoms with E-state index in [0.717, 1.165) is 18.4 Å². The lowest BCUT2D eigenvalue weighted by Gasteiger charge is -2.14. The van der Waals surface area contributed by atoms with Crippen molar-refractivity contribution in [1.82, 2.24) is 4.57 Å². The van der Waals surface area contributed by atoms with Crippen LogP contribution in [0.4, 0.5) is 17.6 Å². The van der Waals surface area contributed by atoms with Crippen LogP contribution in [0.3, 0.4) is 0 Å². The van der Waals surface area contributed by atoms with Gasteiger partial charge in [0.2, 0.25) is 0 Å². The predicted molar refractivity (Wildman–Crippen MR) is 143 cm³/mol. The van der Waals surface area contributed by atoms with Crippen molar-refractivity contribution in [2.45, 2.75) is 18.0 Å². The molecule has 1 heterocycles. The Morgan fingerprint density at radius 2 is 1.55 bits per heavy atom. The van der Waals surface area contributed by atoms with Crippen molar-refractivity contribution >= 4 is 44.7 Å². The molecule has 0 saturated carbocycles. The average molecular weight is 613 g/mol. The number of halogens is 6. The maximum absolute atomic E-state index is 14.3. The zero-order chi connectivity index (χ0) is 29.4. The Bertz CT molecular complexity index is 1730. The fraction of sp³-hybridized carbons (Fsp3) is 0.111. The molecule has 0 N–H and O–H groups in total. The molecule has 0 bridgehead atoms. The fourth-order valence-corrected chi connectivity index (χ4v) is 5.02. The first kappa shape index (κ1) is 29.3. The first-order valence-electron chi connectivity index (χ1n) is 11.3. The molecule has 0 aliphatic rings. The number of oxime groups is 1. The van der Waals surface area contributed by atoms with Crippen molar-refractivity contribution in [2.24, 2.45) is 5.16 Å². The third-order valence-corrected chi connectivity index (χ3v) is 7.48. The van der Waals surface area contributed by atoms with E-state index in [1.165, 1.54) is 72.2 Å². The minimum absolute atomic E-state index is 0.0124. The summed E-state index contributed by atoms with van der Waals surface area (Å²) in [7, 11) is -3.53. The van der Waals surface area contributed by atoms with Gasteiger partial charge < -0.3 is 9.40 Å². The molecule has 13 heteroatoms. The van der Waals surface area contributed by atoms with Gasteiger partial charge in [-0.2, -0.15) is 13.2 Å². The Labute approximate surface area is 236 Å². The van der Waals surface area contributed by atoms with Crippen LogP contribution in [-0.2, 0) is 14.7 Å². The third kappa shape index (κ3) is 6.22. The van der Waals surface area contributed by atoms with E-state index in [9.17, 15) is 30.8 Å². The largest absolute Gasteiger partial charge is 0.437 e. The van der Waals surface area contributed by atoms with Crippen LogP contribution in [0, 0.1) is 12.7 Å². The summed E-state index contributed by atoms with van der Waals surface area (Å²) in [5.74, 6) is -1.80. The minimum atomic E-state index is -5.07. The van der Waals surface area contributed by atoms with E-state index >= 15 is 0 Å². The van der Waals surface area contributed by atoms with E-state index in [1.54, 1.807) is 0 Å². The third-order valence-electron chi connectivity index (χ3n) is 5.80. The Morgan fingerprint density at radius 3 is 2.10 bits per heavy atom. The lowest BCUT2D eigenvalue weighted by Crippen LogP contribution is -2.25. The summed E-state index contributed by atoms with van der Waals surface area (Å²) in [4.78, 5) is 17.1. The van der Waals surface area contributed by atoms with Gasteiger partial charge in [0.1, 0.15) is 5.82 Å².